The molecule has 11 nitrogen and oxygen atoms in total. The predicted octanol–water partition coefficient (Wildman–Crippen LogP) is 2.79. The molecule has 3 aromatic rings. The molecule has 43 heavy (non-hydrogen) atoms. The summed E-state index contributed by atoms with van der Waals surface area (Å²) in [6.45, 7) is 2.94. The van der Waals surface area contributed by atoms with E-state index in [2.05, 4.69) is 20.6 Å². The maximum Gasteiger partial charge on any atom is 0.257 e. The largest absolute Gasteiger partial charge is 0.477 e. The number of halogens is 1. The van der Waals surface area contributed by atoms with Crippen LogP contribution in [-0.4, -0.2) is 86.3 Å². The van der Waals surface area contributed by atoms with Gasteiger partial charge >= 0.3 is 0 Å². The minimum atomic E-state index is -0.912. The standard InChI is InChI=1S/C31H36FN7O4/c32-23-6-8-25(9-7-23)39-20-24(35-36-39)18-27-31(42)38-15-10-21(17-28(40)37-13-2-1-3-14-37)22(19-38)11-16-43-30-26(29(41)34-27)5-4-12-33-30/h4-9,12,20-22,27H,1-3,10-11,13-19H2,(H,34,41)/t21-,22-,27+/m0/s1. The van der Waals surface area contributed by atoms with Crippen LogP contribution in [0, 0.1) is 17.7 Å². The third kappa shape index (κ3) is 6.68. The summed E-state index contributed by atoms with van der Waals surface area (Å²) in [5.74, 6) is -0.428. The summed E-state index contributed by atoms with van der Waals surface area (Å²) in [5, 5.41) is 11.3. The number of amides is 3. The summed E-state index contributed by atoms with van der Waals surface area (Å²) in [7, 11) is 0. The molecule has 3 atom stereocenters. The summed E-state index contributed by atoms with van der Waals surface area (Å²) in [6.07, 6.45) is 8.41. The lowest BCUT2D eigenvalue weighted by atomic mass is 9.80. The van der Waals surface area contributed by atoms with Crippen molar-refractivity contribution >= 4 is 17.7 Å². The van der Waals surface area contributed by atoms with E-state index < -0.39 is 11.9 Å². The molecule has 2 bridgehead atoms. The zero-order valence-electron chi connectivity index (χ0n) is 24.0. The number of pyridine rings is 1. The molecule has 3 aliphatic heterocycles. The molecule has 1 N–H and O–H groups in total. The monoisotopic (exact) mass is 589 g/mol. The van der Waals surface area contributed by atoms with Crippen molar-refractivity contribution in [2.24, 2.45) is 11.8 Å². The first-order chi connectivity index (χ1) is 20.9. The molecule has 0 saturated carbocycles. The van der Waals surface area contributed by atoms with E-state index in [1.54, 1.807) is 41.6 Å². The number of hydrogen-bond donors (Lipinski definition) is 1. The van der Waals surface area contributed by atoms with Crippen molar-refractivity contribution in [3.8, 4) is 11.6 Å². The highest BCUT2D eigenvalue weighted by Gasteiger charge is 2.37. The Morgan fingerprint density at radius 2 is 1.86 bits per heavy atom. The first-order valence-corrected chi connectivity index (χ1v) is 15.1. The molecule has 226 valence electrons. The normalized spacial score (nSPS) is 23.0. The van der Waals surface area contributed by atoms with Crippen molar-refractivity contribution in [2.45, 2.75) is 51.0 Å². The van der Waals surface area contributed by atoms with Gasteiger partial charge in [0.15, 0.2) is 0 Å². The number of piperidine rings is 2. The van der Waals surface area contributed by atoms with Crippen LogP contribution in [0.1, 0.15) is 54.6 Å². The number of aromatic nitrogens is 4. The van der Waals surface area contributed by atoms with E-state index in [-0.39, 0.29) is 47.3 Å². The van der Waals surface area contributed by atoms with Crippen molar-refractivity contribution in [1.82, 2.24) is 35.1 Å². The van der Waals surface area contributed by atoms with E-state index in [1.807, 2.05) is 4.90 Å². The highest BCUT2D eigenvalue weighted by atomic mass is 19.1. The lowest BCUT2D eigenvalue weighted by Gasteiger charge is -2.41. The van der Waals surface area contributed by atoms with Gasteiger partial charge in [-0.3, -0.25) is 14.4 Å². The summed E-state index contributed by atoms with van der Waals surface area (Å²) < 4.78 is 20.9. The maximum atomic E-state index is 14.0. The fourth-order valence-corrected chi connectivity index (χ4v) is 6.34. The lowest BCUT2D eigenvalue weighted by Crippen LogP contribution is -2.54. The molecule has 5 heterocycles. The number of hydrogen-bond acceptors (Lipinski definition) is 7. The van der Waals surface area contributed by atoms with Gasteiger partial charge in [0.1, 0.15) is 17.4 Å². The predicted molar refractivity (Wildman–Crippen MR) is 154 cm³/mol. The topological polar surface area (TPSA) is 123 Å². The molecule has 3 aliphatic rings. The number of rotatable bonds is 5. The fraction of sp³-hybridized carbons (Fsp3) is 0.484. The fourth-order valence-electron chi connectivity index (χ4n) is 6.34. The number of ether oxygens (including phenoxy) is 1. The van der Waals surface area contributed by atoms with Crippen LogP contribution in [-0.2, 0) is 16.0 Å². The molecule has 0 radical (unpaired) electrons. The number of fused-ring (bicyclic) bond motifs is 3. The van der Waals surface area contributed by atoms with Gasteiger partial charge in [-0.1, -0.05) is 5.21 Å². The van der Waals surface area contributed by atoms with Crippen LogP contribution in [0.5, 0.6) is 5.88 Å². The Bertz CT molecular complexity index is 1460. The van der Waals surface area contributed by atoms with Crippen LogP contribution in [0.2, 0.25) is 0 Å². The molecule has 1 aromatic carbocycles. The van der Waals surface area contributed by atoms with Crippen LogP contribution in [0.3, 0.4) is 0 Å². The quantitative estimate of drug-likeness (QED) is 0.486. The Kier molecular flexibility index (Phi) is 8.62. The van der Waals surface area contributed by atoms with Gasteiger partial charge in [-0.05, 0) is 80.3 Å². The second-order valence-corrected chi connectivity index (χ2v) is 11.6. The average molecular weight is 590 g/mol. The average Bonchev–Trinajstić information content (AvgIpc) is 3.50. The van der Waals surface area contributed by atoms with Gasteiger partial charge in [0.25, 0.3) is 5.91 Å². The van der Waals surface area contributed by atoms with Gasteiger partial charge in [0.05, 0.1) is 24.2 Å². The minimum absolute atomic E-state index is 0.0636. The van der Waals surface area contributed by atoms with Crippen LogP contribution in [0.15, 0.2) is 48.8 Å². The second-order valence-electron chi connectivity index (χ2n) is 11.6. The van der Waals surface area contributed by atoms with Crippen molar-refractivity contribution in [2.75, 3.05) is 32.8 Å². The Labute approximate surface area is 249 Å². The molecule has 6 rings (SSSR count). The Morgan fingerprint density at radius 1 is 1.05 bits per heavy atom. The van der Waals surface area contributed by atoms with Crippen LogP contribution in [0.4, 0.5) is 4.39 Å². The van der Waals surface area contributed by atoms with Gasteiger partial charge in [-0.15, -0.1) is 5.10 Å². The number of nitrogens with one attached hydrogen (secondary N) is 1. The number of likely N-dealkylation sites (tertiary alicyclic amines) is 1. The van der Waals surface area contributed by atoms with Gasteiger partial charge in [0.2, 0.25) is 17.7 Å². The van der Waals surface area contributed by atoms with Crippen molar-refractivity contribution < 1.29 is 23.5 Å². The van der Waals surface area contributed by atoms with Gasteiger partial charge in [0, 0.05) is 45.2 Å². The molecular formula is C31H36FN7O4. The first kappa shape index (κ1) is 28.8. The molecule has 0 aliphatic carbocycles. The maximum absolute atomic E-state index is 14.0. The molecule has 2 saturated heterocycles. The zero-order chi connectivity index (χ0) is 29.8. The van der Waals surface area contributed by atoms with Crippen molar-refractivity contribution in [3.05, 3.63) is 65.9 Å². The van der Waals surface area contributed by atoms with Gasteiger partial charge in [-0.25, -0.2) is 14.1 Å². The van der Waals surface area contributed by atoms with Crippen molar-refractivity contribution in [1.29, 1.82) is 0 Å². The Hall–Kier alpha value is -4.35. The molecule has 12 heteroatoms. The second kappa shape index (κ2) is 12.9. The number of carbonyl (C=O) groups excluding carboxylic acids is 3. The van der Waals surface area contributed by atoms with E-state index in [0.29, 0.717) is 50.3 Å². The van der Waals surface area contributed by atoms with Crippen LogP contribution < -0.4 is 10.1 Å². The lowest BCUT2D eigenvalue weighted by molar-refractivity contribution is -0.137. The highest BCUT2D eigenvalue weighted by Crippen LogP contribution is 2.31. The SMILES string of the molecule is O=C1N[C@H](Cc2cn(-c3ccc(F)cc3)nn2)C(=O)N2CC[C@@H](CC(=O)N3CCCCC3)[C@@H](CCOc3ncccc31)C2. The number of benzene rings is 1. The van der Waals surface area contributed by atoms with E-state index in [9.17, 15) is 18.8 Å². The van der Waals surface area contributed by atoms with E-state index in [1.165, 1.54) is 23.2 Å². The van der Waals surface area contributed by atoms with Crippen molar-refractivity contribution in [3.63, 3.8) is 0 Å². The molecular weight excluding hydrogens is 553 g/mol. The van der Waals surface area contributed by atoms with E-state index >= 15 is 0 Å². The summed E-state index contributed by atoms with van der Waals surface area (Å²) in [5.41, 5.74) is 1.36. The molecule has 0 spiro atoms. The molecule has 3 amide bonds. The van der Waals surface area contributed by atoms with E-state index in [4.69, 9.17) is 4.74 Å². The Balaban J connectivity index is 1.24. The third-order valence-corrected chi connectivity index (χ3v) is 8.74. The number of nitrogens with zero attached hydrogens (tertiary/aromatic N) is 6. The van der Waals surface area contributed by atoms with Crippen LogP contribution >= 0.6 is 0 Å². The summed E-state index contributed by atoms with van der Waals surface area (Å²) in [4.78, 5) is 48.7. The Morgan fingerprint density at radius 3 is 2.67 bits per heavy atom. The molecule has 2 fully saturated rings. The zero-order valence-corrected chi connectivity index (χ0v) is 24.0. The third-order valence-electron chi connectivity index (χ3n) is 8.74. The molecule has 0 unspecified atom stereocenters. The van der Waals surface area contributed by atoms with Gasteiger partial charge < -0.3 is 19.9 Å². The first-order valence-electron chi connectivity index (χ1n) is 15.1. The highest BCUT2D eigenvalue weighted by molar-refractivity contribution is 5.99. The van der Waals surface area contributed by atoms with Crippen LogP contribution in [0.25, 0.3) is 5.69 Å². The van der Waals surface area contributed by atoms with Gasteiger partial charge in [-0.2, -0.15) is 0 Å². The smallest absolute Gasteiger partial charge is 0.257 e. The summed E-state index contributed by atoms with van der Waals surface area (Å²) in [6, 6.07) is 8.20. The van der Waals surface area contributed by atoms with E-state index in [0.717, 1.165) is 25.9 Å². The summed E-state index contributed by atoms with van der Waals surface area (Å²) >= 11 is 0. The molecule has 2 aromatic heterocycles. The number of carbonyl (C=O) groups is 3. The minimum Gasteiger partial charge on any atom is -0.477 e.